The monoisotopic (exact) mass is 248 g/mol. The van der Waals surface area contributed by atoms with E-state index in [1.807, 2.05) is 7.05 Å². The number of anilines is 1. The zero-order chi connectivity index (χ0) is 12.3. The van der Waals surface area contributed by atoms with Gasteiger partial charge in [0.1, 0.15) is 5.82 Å². The highest BCUT2D eigenvalue weighted by molar-refractivity contribution is 7.10. The first-order chi connectivity index (χ1) is 8.22. The lowest BCUT2D eigenvalue weighted by Crippen LogP contribution is -2.22. The van der Waals surface area contributed by atoms with Gasteiger partial charge in [-0.3, -0.25) is 4.98 Å². The molecule has 0 spiro atoms. The lowest BCUT2D eigenvalue weighted by Gasteiger charge is -2.24. The van der Waals surface area contributed by atoms with Gasteiger partial charge >= 0.3 is 0 Å². The SMILES string of the molecule is CC(c1cccs1)N(C)c1cnc(CN)cn1. The molecule has 0 radical (unpaired) electrons. The van der Waals surface area contributed by atoms with E-state index in [0.717, 1.165) is 11.5 Å². The number of nitrogens with zero attached hydrogens (tertiary/aromatic N) is 3. The van der Waals surface area contributed by atoms with E-state index in [1.165, 1.54) is 4.88 Å². The van der Waals surface area contributed by atoms with Crippen molar-refractivity contribution in [3.63, 3.8) is 0 Å². The molecule has 2 rings (SSSR count). The minimum Gasteiger partial charge on any atom is -0.351 e. The second kappa shape index (κ2) is 5.25. The van der Waals surface area contributed by atoms with Crippen molar-refractivity contribution in [1.82, 2.24) is 9.97 Å². The topological polar surface area (TPSA) is 55.0 Å². The van der Waals surface area contributed by atoms with E-state index >= 15 is 0 Å². The van der Waals surface area contributed by atoms with Gasteiger partial charge in [-0.1, -0.05) is 6.07 Å². The molecule has 2 heterocycles. The van der Waals surface area contributed by atoms with Gasteiger partial charge in [0.15, 0.2) is 0 Å². The number of hydrogen-bond donors (Lipinski definition) is 1. The zero-order valence-electron chi connectivity index (χ0n) is 10.00. The molecule has 0 aliphatic rings. The van der Waals surface area contributed by atoms with Gasteiger partial charge in [0.2, 0.25) is 0 Å². The van der Waals surface area contributed by atoms with Crippen LogP contribution in [0.5, 0.6) is 0 Å². The normalized spacial score (nSPS) is 12.4. The van der Waals surface area contributed by atoms with E-state index in [-0.39, 0.29) is 0 Å². The van der Waals surface area contributed by atoms with E-state index in [2.05, 4.69) is 39.3 Å². The molecule has 1 atom stereocenters. The first-order valence-corrected chi connectivity index (χ1v) is 6.37. The van der Waals surface area contributed by atoms with Gasteiger partial charge in [-0.25, -0.2) is 4.98 Å². The molecule has 2 N–H and O–H groups in total. The van der Waals surface area contributed by atoms with E-state index in [1.54, 1.807) is 23.7 Å². The molecule has 0 amide bonds. The summed E-state index contributed by atoms with van der Waals surface area (Å²) in [5, 5.41) is 2.09. The maximum atomic E-state index is 5.50. The molecule has 17 heavy (non-hydrogen) atoms. The molecular formula is C12H16N4S. The summed E-state index contributed by atoms with van der Waals surface area (Å²) in [4.78, 5) is 12.1. The van der Waals surface area contributed by atoms with E-state index in [4.69, 9.17) is 5.73 Å². The van der Waals surface area contributed by atoms with Gasteiger partial charge in [0.05, 0.1) is 24.1 Å². The molecule has 5 heteroatoms. The fraction of sp³-hybridized carbons (Fsp3) is 0.333. The molecule has 1 unspecified atom stereocenters. The summed E-state index contributed by atoms with van der Waals surface area (Å²) in [6.45, 7) is 2.59. The Morgan fingerprint density at radius 2 is 2.24 bits per heavy atom. The largest absolute Gasteiger partial charge is 0.351 e. The third-order valence-electron chi connectivity index (χ3n) is 2.80. The predicted molar refractivity (Wildman–Crippen MR) is 71.1 cm³/mol. The molecule has 0 aromatic carbocycles. The lowest BCUT2D eigenvalue weighted by molar-refractivity contribution is 0.737. The highest BCUT2D eigenvalue weighted by Gasteiger charge is 2.14. The highest BCUT2D eigenvalue weighted by Crippen LogP contribution is 2.26. The van der Waals surface area contributed by atoms with Crippen LogP contribution in [0.2, 0.25) is 0 Å². The van der Waals surface area contributed by atoms with Crippen LogP contribution < -0.4 is 10.6 Å². The van der Waals surface area contributed by atoms with Crippen LogP contribution in [0.3, 0.4) is 0 Å². The van der Waals surface area contributed by atoms with Crippen molar-refractivity contribution in [2.75, 3.05) is 11.9 Å². The van der Waals surface area contributed by atoms with Gasteiger partial charge in [0, 0.05) is 18.5 Å². The number of rotatable bonds is 4. The predicted octanol–water partition coefficient (Wildman–Crippen LogP) is 2.19. The van der Waals surface area contributed by atoms with Gasteiger partial charge in [-0.2, -0.15) is 0 Å². The van der Waals surface area contributed by atoms with Crippen LogP contribution in [0.15, 0.2) is 29.9 Å². The molecule has 0 aliphatic carbocycles. The van der Waals surface area contributed by atoms with Gasteiger partial charge in [-0.05, 0) is 18.4 Å². The molecule has 2 aromatic rings. The Morgan fingerprint density at radius 1 is 1.41 bits per heavy atom. The maximum absolute atomic E-state index is 5.50. The fourth-order valence-corrected chi connectivity index (χ4v) is 2.38. The summed E-state index contributed by atoms with van der Waals surface area (Å²) in [7, 11) is 2.02. The van der Waals surface area contributed by atoms with Crippen molar-refractivity contribution in [3.8, 4) is 0 Å². The number of nitrogens with two attached hydrogens (primary N) is 1. The third-order valence-corrected chi connectivity index (χ3v) is 3.84. The molecule has 0 aliphatic heterocycles. The van der Waals surface area contributed by atoms with Crippen molar-refractivity contribution >= 4 is 17.2 Å². The average molecular weight is 248 g/mol. The molecule has 0 saturated heterocycles. The summed E-state index contributed by atoms with van der Waals surface area (Å²) in [6, 6.07) is 4.49. The minimum absolute atomic E-state index is 0.299. The van der Waals surface area contributed by atoms with Crippen molar-refractivity contribution in [3.05, 3.63) is 40.5 Å². The molecular weight excluding hydrogens is 232 g/mol. The van der Waals surface area contributed by atoms with E-state index in [9.17, 15) is 0 Å². The summed E-state index contributed by atoms with van der Waals surface area (Å²) in [5.74, 6) is 0.864. The Bertz CT molecular complexity index is 452. The van der Waals surface area contributed by atoms with Crippen LogP contribution in [-0.4, -0.2) is 17.0 Å². The van der Waals surface area contributed by atoms with Gasteiger partial charge < -0.3 is 10.6 Å². The van der Waals surface area contributed by atoms with Crippen LogP contribution in [0.1, 0.15) is 23.5 Å². The Morgan fingerprint density at radius 3 is 2.76 bits per heavy atom. The van der Waals surface area contributed by atoms with Crippen molar-refractivity contribution in [2.45, 2.75) is 19.5 Å². The van der Waals surface area contributed by atoms with Gasteiger partial charge in [-0.15, -0.1) is 11.3 Å². The first kappa shape index (κ1) is 12.0. The van der Waals surface area contributed by atoms with E-state index < -0.39 is 0 Å². The smallest absolute Gasteiger partial charge is 0.147 e. The van der Waals surface area contributed by atoms with Crippen molar-refractivity contribution in [2.24, 2.45) is 5.73 Å². The molecule has 0 fully saturated rings. The molecule has 0 saturated carbocycles. The van der Waals surface area contributed by atoms with Crippen LogP contribution in [-0.2, 0) is 6.54 Å². The van der Waals surface area contributed by atoms with Crippen LogP contribution in [0, 0.1) is 0 Å². The summed E-state index contributed by atoms with van der Waals surface area (Å²) in [6.07, 6.45) is 3.50. The van der Waals surface area contributed by atoms with Crippen LogP contribution in [0.25, 0.3) is 0 Å². The van der Waals surface area contributed by atoms with E-state index in [0.29, 0.717) is 12.6 Å². The summed E-state index contributed by atoms with van der Waals surface area (Å²) in [5.41, 5.74) is 6.31. The van der Waals surface area contributed by atoms with Crippen LogP contribution >= 0.6 is 11.3 Å². The standard InChI is InChI=1S/C12H16N4S/c1-9(11-4-3-5-17-11)16(2)12-8-14-10(6-13)7-15-12/h3-5,7-9H,6,13H2,1-2H3. The highest BCUT2D eigenvalue weighted by atomic mass is 32.1. The van der Waals surface area contributed by atoms with Crippen molar-refractivity contribution in [1.29, 1.82) is 0 Å². The lowest BCUT2D eigenvalue weighted by atomic mass is 10.2. The summed E-state index contributed by atoms with van der Waals surface area (Å²) < 4.78 is 0. The second-order valence-corrected chi connectivity index (χ2v) is 4.85. The van der Waals surface area contributed by atoms with Gasteiger partial charge in [0.25, 0.3) is 0 Å². The number of hydrogen-bond acceptors (Lipinski definition) is 5. The average Bonchev–Trinajstić information content (AvgIpc) is 2.91. The molecule has 4 nitrogen and oxygen atoms in total. The molecule has 90 valence electrons. The Kier molecular flexibility index (Phi) is 3.71. The van der Waals surface area contributed by atoms with Crippen LogP contribution in [0.4, 0.5) is 5.82 Å². The quantitative estimate of drug-likeness (QED) is 0.901. The Hall–Kier alpha value is -1.46. The Balaban J connectivity index is 2.16. The maximum Gasteiger partial charge on any atom is 0.147 e. The number of aromatic nitrogens is 2. The third kappa shape index (κ3) is 2.62. The Labute approximate surface area is 105 Å². The second-order valence-electron chi connectivity index (χ2n) is 3.87. The summed E-state index contributed by atoms with van der Waals surface area (Å²) >= 11 is 1.75. The molecule has 0 bridgehead atoms. The van der Waals surface area contributed by atoms with Crippen molar-refractivity contribution < 1.29 is 0 Å². The zero-order valence-corrected chi connectivity index (χ0v) is 10.8. The first-order valence-electron chi connectivity index (χ1n) is 5.49. The minimum atomic E-state index is 0.299. The fourth-order valence-electron chi connectivity index (χ4n) is 1.55. The molecule has 2 aromatic heterocycles. The number of thiophene rings is 1.